The third-order valence-corrected chi connectivity index (χ3v) is 9.02. The molecule has 1 heterocycles. The van der Waals surface area contributed by atoms with E-state index in [9.17, 15) is 19.5 Å². The number of aryl methyl sites for hydroxylation is 1. The number of thioether (sulfide) groups is 2. The quantitative estimate of drug-likeness (QED) is 0.195. The number of ketones is 2. The van der Waals surface area contributed by atoms with Crippen molar-refractivity contribution in [1.29, 1.82) is 0 Å². The smallest absolute Gasteiger partial charge is 0.205 e. The molecule has 4 nitrogen and oxygen atoms in total. The topological polar surface area (TPSA) is 71.4 Å². The van der Waals surface area contributed by atoms with Crippen LogP contribution in [0.3, 0.4) is 0 Å². The number of thiophene rings is 1. The molecule has 1 unspecified atom stereocenters. The zero-order valence-electron chi connectivity index (χ0n) is 17.4. The van der Waals surface area contributed by atoms with Gasteiger partial charge in [-0.15, -0.1) is 23.1 Å². The molecule has 1 aromatic carbocycles. The van der Waals surface area contributed by atoms with Crippen molar-refractivity contribution in [2.24, 2.45) is 5.92 Å². The highest BCUT2D eigenvalue weighted by atomic mass is 32.2. The van der Waals surface area contributed by atoms with Crippen LogP contribution in [0.5, 0.6) is 0 Å². The molecule has 31 heavy (non-hydrogen) atoms. The molecule has 0 radical (unpaired) electrons. The summed E-state index contributed by atoms with van der Waals surface area (Å²) in [5, 5.41) is 11.6. The molecule has 3 atom stereocenters. The van der Waals surface area contributed by atoms with Crippen molar-refractivity contribution in [2.75, 3.05) is 17.3 Å². The second-order valence-electron chi connectivity index (χ2n) is 7.69. The van der Waals surface area contributed by atoms with E-state index in [-0.39, 0.29) is 22.7 Å². The van der Waals surface area contributed by atoms with E-state index in [1.807, 2.05) is 24.3 Å². The fourth-order valence-corrected chi connectivity index (χ4v) is 7.02. The summed E-state index contributed by atoms with van der Waals surface area (Å²) in [6.07, 6.45) is 7.65. The van der Waals surface area contributed by atoms with Gasteiger partial charge in [0, 0.05) is 16.0 Å². The Morgan fingerprint density at radius 2 is 2.13 bits per heavy atom. The average Bonchev–Trinajstić information content (AvgIpc) is 3.35. The number of aliphatic hydroxyl groups excluding tert-OH is 1. The maximum absolute atomic E-state index is 12.3. The Balaban J connectivity index is 1.40. The lowest BCUT2D eigenvalue weighted by molar-refractivity contribution is -0.128. The van der Waals surface area contributed by atoms with Crippen LogP contribution in [0.4, 0.5) is 0 Å². The highest BCUT2D eigenvalue weighted by Crippen LogP contribution is 2.34. The minimum atomic E-state index is -0.502. The Morgan fingerprint density at radius 3 is 2.94 bits per heavy atom. The summed E-state index contributed by atoms with van der Waals surface area (Å²) >= 11 is 4.92. The van der Waals surface area contributed by atoms with E-state index in [0.29, 0.717) is 24.9 Å². The zero-order valence-corrected chi connectivity index (χ0v) is 19.9. The van der Waals surface area contributed by atoms with E-state index in [4.69, 9.17) is 0 Å². The Labute approximate surface area is 195 Å². The summed E-state index contributed by atoms with van der Waals surface area (Å²) in [5.41, 5.74) is 0. The summed E-state index contributed by atoms with van der Waals surface area (Å²) in [4.78, 5) is 34.8. The standard InChI is InChI=1S/C24H28O4S3/c25-15-20(27)16-29-12-3-13-30-24-17(7-11-22(24)28)6-8-19(26)9-10-21-14-18-4-1-2-5-23(18)31-21/h1-2,4-6,8,14-15,17,19,24,26H,3,7,9-13,16H2/b8-6+/t17-,19?,24+/m0/s1. The van der Waals surface area contributed by atoms with Gasteiger partial charge in [-0.05, 0) is 60.6 Å². The molecule has 166 valence electrons. The largest absolute Gasteiger partial charge is 0.389 e. The van der Waals surface area contributed by atoms with Crippen LogP contribution >= 0.6 is 34.9 Å². The van der Waals surface area contributed by atoms with Crippen LogP contribution in [0, 0.1) is 5.92 Å². The molecule has 0 amide bonds. The van der Waals surface area contributed by atoms with Gasteiger partial charge in [-0.25, -0.2) is 0 Å². The number of rotatable bonds is 13. The average molecular weight is 477 g/mol. The summed E-state index contributed by atoms with van der Waals surface area (Å²) in [6.45, 7) is 0. The number of carbonyl (C=O) groups excluding carboxylic acids is 3. The third kappa shape index (κ3) is 7.59. The van der Waals surface area contributed by atoms with E-state index in [0.717, 1.165) is 30.8 Å². The van der Waals surface area contributed by atoms with Gasteiger partial charge in [-0.1, -0.05) is 30.4 Å². The van der Waals surface area contributed by atoms with Crippen LogP contribution in [0.1, 0.15) is 30.6 Å². The van der Waals surface area contributed by atoms with E-state index in [1.165, 1.54) is 26.7 Å². The predicted octanol–water partition coefficient (Wildman–Crippen LogP) is 4.72. The molecule has 1 aliphatic carbocycles. The van der Waals surface area contributed by atoms with Crippen LogP contribution in [0.25, 0.3) is 10.1 Å². The molecule has 2 aromatic rings. The highest BCUT2D eigenvalue weighted by Gasteiger charge is 2.33. The molecule has 3 rings (SSSR count). The maximum Gasteiger partial charge on any atom is 0.205 e. The monoisotopic (exact) mass is 476 g/mol. The second-order valence-corrected chi connectivity index (χ2v) is 11.2. The molecule has 7 heteroatoms. The molecule has 0 saturated heterocycles. The normalized spacial score (nSPS) is 20.0. The van der Waals surface area contributed by atoms with Crippen molar-refractivity contribution < 1.29 is 19.5 Å². The number of allylic oxidation sites excluding steroid dienone is 1. The van der Waals surface area contributed by atoms with Crippen molar-refractivity contribution in [3.63, 3.8) is 0 Å². The third-order valence-electron chi connectivity index (χ3n) is 5.28. The molecule has 1 N–H and O–H groups in total. The highest BCUT2D eigenvalue weighted by molar-refractivity contribution is 8.01. The van der Waals surface area contributed by atoms with Crippen molar-refractivity contribution in [3.05, 3.63) is 47.4 Å². The predicted molar refractivity (Wildman–Crippen MR) is 132 cm³/mol. The maximum atomic E-state index is 12.3. The van der Waals surface area contributed by atoms with Gasteiger partial charge in [-0.2, -0.15) is 11.8 Å². The van der Waals surface area contributed by atoms with Crippen molar-refractivity contribution in [3.8, 4) is 0 Å². The molecule has 0 aliphatic heterocycles. The Hall–Kier alpha value is -1.41. The number of aliphatic hydroxyl groups is 1. The fourth-order valence-electron chi connectivity index (χ4n) is 3.65. The van der Waals surface area contributed by atoms with Gasteiger partial charge in [0.15, 0.2) is 6.29 Å². The van der Waals surface area contributed by atoms with E-state index >= 15 is 0 Å². The number of Topliss-reactive ketones (excluding diaryl/α,β-unsaturated/α-hetero) is 2. The van der Waals surface area contributed by atoms with Gasteiger partial charge in [0.1, 0.15) is 5.78 Å². The van der Waals surface area contributed by atoms with Crippen molar-refractivity contribution in [2.45, 2.75) is 43.5 Å². The summed E-state index contributed by atoms with van der Waals surface area (Å²) < 4.78 is 1.28. The Morgan fingerprint density at radius 1 is 1.29 bits per heavy atom. The molecule has 1 aliphatic rings. The lowest BCUT2D eigenvalue weighted by Gasteiger charge is -2.15. The number of fused-ring (bicyclic) bond motifs is 1. The molecule has 1 aromatic heterocycles. The van der Waals surface area contributed by atoms with Gasteiger partial charge in [0.05, 0.1) is 17.1 Å². The molecule has 1 saturated carbocycles. The van der Waals surface area contributed by atoms with Gasteiger partial charge in [-0.3, -0.25) is 14.4 Å². The first kappa shape index (κ1) is 24.2. The first-order valence-corrected chi connectivity index (χ1v) is 13.6. The lowest BCUT2D eigenvalue weighted by atomic mass is 10.0. The van der Waals surface area contributed by atoms with Gasteiger partial charge in [0.2, 0.25) is 5.78 Å². The number of benzene rings is 1. The van der Waals surface area contributed by atoms with Crippen LogP contribution in [-0.4, -0.2) is 51.6 Å². The number of carbonyl (C=O) groups is 3. The SMILES string of the molecule is O=CC(=O)CSCCCS[C@H]1C(=O)CC[C@@H]1/C=C/C(O)CCc1cc2ccccc2s1. The van der Waals surface area contributed by atoms with Crippen LogP contribution in [0.15, 0.2) is 42.5 Å². The van der Waals surface area contributed by atoms with E-state index in [2.05, 4.69) is 18.2 Å². The Kier molecular flexibility index (Phi) is 9.84. The summed E-state index contributed by atoms with van der Waals surface area (Å²) in [7, 11) is 0. The van der Waals surface area contributed by atoms with E-state index < -0.39 is 6.10 Å². The van der Waals surface area contributed by atoms with E-state index in [1.54, 1.807) is 23.1 Å². The zero-order chi connectivity index (χ0) is 22.1. The van der Waals surface area contributed by atoms with Gasteiger partial charge >= 0.3 is 0 Å². The van der Waals surface area contributed by atoms with Crippen LogP contribution in [0.2, 0.25) is 0 Å². The fraction of sp³-hybridized carbons (Fsp3) is 0.458. The van der Waals surface area contributed by atoms with Crippen molar-refractivity contribution >= 4 is 62.8 Å². The first-order valence-electron chi connectivity index (χ1n) is 10.6. The minimum Gasteiger partial charge on any atom is -0.389 e. The van der Waals surface area contributed by atoms with Crippen LogP contribution < -0.4 is 0 Å². The van der Waals surface area contributed by atoms with Gasteiger partial charge in [0.25, 0.3) is 0 Å². The van der Waals surface area contributed by atoms with Crippen molar-refractivity contribution in [1.82, 2.24) is 0 Å². The Bertz CT molecular complexity index is 887. The lowest BCUT2D eigenvalue weighted by Crippen LogP contribution is -2.17. The minimum absolute atomic E-state index is 0.0346. The number of hydrogen-bond acceptors (Lipinski definition) is 7. The first-order chi connectivity index (χ1) is 15.1. The number of hydrogen-bond donors (Lipinski definition) is 1. The summed E-state index contributed by atoms with van der Waals surface area (Å²) in [5.74, 6) is 2.01. The molecule has 1 fully saturated rings. The molecule has 0 bridgehead atoms. The second kappa shape index (κ2) is 12.6. The molecule has 0 spiro atoms. The summed E-state index contributed by atoms with van der Waals surface area (Å²) in [6, 6.07) is 10.5. The molecular formula is C24H28O4S3. The van der Waals surface area contributed by atoms with Crippen LogP contribution in [-0.2, 0) is 20.8 Å². The number of aldehydes is 1. The van der Waals surface area contributed by atoms with Gasteiger partial charge < -0.3 is 5.11 Å². The molecular weight excluding hydrogens is 448 g/mol.